The van der Waals surface area contributed by atoms with Crippen LogP contribution in [0.4, 0.5) is 0 Å². The third-order valence-corrected chi connectivity index (χ3v) is 3.34. The maximum atomic E-state index is 9.87. The summed E-state index contributed by atoms with van der Waals surface area (Å²) in [5.74, 6) is 0.365. The first kappa shape index (κ1) is 15.3. The van der Waals surface area contributed by atoms with E-state index in [2.05, 4.69) is 11.8 Å². The van der Waals surface area contributed by atoms with E-state index in [1.54, 1.807) is 0 Å². The zero-order valence-electron chi connectivity index (χ0n) is 12.3. The summed E-state index contributed by atoms with van der Waals surface area (Å²) < 4.78 is 5.77. The molecule has 0 saturated carbocycles. The molecular weight excluding hydrogens is 228 g/mol. The van der Waals surface area contributed by atoms with Gasteiger partial charge in [-0.1, -0.05) is 13.3 Å². The summed E-state index contributed by atoms with van der Waals surface area (Å²) in [7, 11) is 1.91. The number of allylic oxidation sites excluding steroid dienone is 1. The lowest BCUT2D eigenvalue weighted by atomic mass is 10.2. The van der Waals surface area contributed by atoms with Crippen molar-refractivity contribution in [2.24, 2.45) is 0 Å². The molecular formula is C14H28N2O2. The number of rotatable bonds is 6. The number of nitrogens with zero attached hydrogens (tertiary/aromatic N) is 2. The van der Waals surface area contributed by atoms with Crippen molar-refractivity contribution in [2.45, 2.75) is 39.7 Å². The van der Waals surface area contributed by atoms with Crippen LogP contribution < -0.4 is 0 Å². The predicted octanol–water partition coefficient (Wildman–Crippen LogP) is 2.23. The highest BCUT2D eigenvalue weighted by Gasteiger charge is 2.22. The zero-order chi connectivity index (χ0) is 13.5. The molecule has 1 saturated heterocycles. The van der Waals surface area contributed by atoms with Gasteiger partial charge in [-0.2, -0.15) is 0 Å². The number of hydrogen-bond donors (Lipinski definition) is 1. The van der Waals surface area contributed by atoms with Crippen LogP contribution in [0.2, 0.25) is 0 Å². The first-order chi connectivity index (χ1) is 8.54. The average molecular weight is 256 g/mol. The van der Waals surface area contributed by atoms with E-state index in [1.165, 1.54) is 12.8 Å². The molecule has 18 heavy (non-hydrogen) atoms. The highest BCUT2D eigenvalue weighted by molar-refractivity contribution is 4.99. The van der Waals surface area contributed by atoms with Gasteiger partial charge in [-0.25, -0.2) is 0 Å². The molecule has 0 radical (unpaired) electrons. The third kappa shape index (κ3) is 4.86. The molecule has 0 bridgehead atoms. The average Bonchev–Trinajstić information content (AvgIpc) is 2.35. The van der Waals surface area contributed by atoms with Crippen molar-refractivity contribution in [3.63, 3.8) is 0 Å². The Morgan fingerprint density at radius 2 is 2.17 bits per heavy atom. The normalized spacial score (nSPS) is 20.8. The molecule has 1 aliphatic rings. The Bertz CT molecular complexity index is 275. The number of aliphatic hydroxyl groups is 1. The molecule has 1 heterocycles. The Hall–Kier alpha value is -0.740. The number of unbranched alkanes of at least 4 members (excludes halogenated alkanes) is 1. The standard InChI is InChI=1S/C14H28N2O2/c1-5-6-7-16-8-9-18-13(11-16)10-15(4)14(17)12(2)3/h13,17H,5-11H2,1-4H3/t13-/m0/s1. The molecule has 1 rings (SSSR count). The Balaban J connectivity index is 2.40. The molecule has 0 unspecified atom stereocenters. The summed E-state index contributed by atoms with van der Waals surface area (Å²) in [6.07, 6.45) is 2.68. The summed E-state index contributed by atoms with van der Waals surface area (Å²) >= 11 is 0. The van der Waals surface area contributed by atoms with Crippen molar-refractivity contribution in [1.29, 1.82) is 0 Å². The van der Waals surface area contributed by atoms with Crippen molar-refractivity contribution < 1.29 is 9.84 Å². The highest BCUT2D eigenvalue weighted by Crippen LogP contribution is 2.11. The summed E-state index contributed by atoms with van der Waals surface area (Å²) in [6, 6.07) is 0. The molecule has 4 heteroatoms. The van der Waals surface area contributed by atoms with Crippen LogP contribution in [-0.2, 0) is 4.74 Å². The second kappa shape index (κ2) is 7.64. The van der Waals surface area contributed by atoms with Gasteiger partial charge in [0, 0.05) is 26.7 Å². The van der Waals surface area contributed by atoms with Crippen LogP contribution in [-0.4, -0.2) is 60.8 Å². The first-order valence-electron chi connectivity index (χ1n) is 6.96. The van der Waals surface area contributed by atoms with Crippen LogP contribution in [0.25, 0.3) is 0 Å². The minimum Gasteiger partial charge on any atom is -0.495 e. The summed E-state index contributed by atoms with van der Waals surface area (Å²) in [6.45, 7) is 10.8. The van der Waals surface area contributed by atoms with E-state index in [-0.39, 0.29) is 6.10 Å². The Kier molecular flexibility index (Phi) is 6.50. The minimum atomic E-state index is 0.196. The predicted molar refractivity (Wildman–Crippen MR) is 74.7 cm³/mol. The SMILES string of the molecule is CCCCN1CCO[C@@H](CN(C)C(O)=C(C)C)C1. The van der Waals surface area contributed by atoms with Gasteiger partial charge in [0.15, 0.2) is 5.88 Å². The Morgan fingerprint density at radius 1 is 1.44 bits per heavy atom. The van der Waals surface area contributed by atoms with Gasteiger partial charge in [0.1, 0.15) is 0 Å². The lowest BCUT2D eigenvalue weighted by Gasteiger charge is -2.35. The molecule has 106 valence electrons. The van der Waals surface area contributed by atoms with Gasteiger partial charge in [-0.15, -0.1) is 0 Å². The van der Waals surface area contributed by atoms with E-state index in [1.807, 2.05) is 25.8 Å². The van der Waals surface area contributed by atoms with Gasteiger partial charge in [-0.3, -0.25) is 4.90 Å². The van der Waals surface area contributed by atoms with Gasteiger partial charge in [0.2, 0.25) is 0 Å². The number of aliphatic hydroxyl groups excluding tert-OH is 1. The quantitative estimate of drug-likeness (QED) is 0.739. The van der Waals surface area contributed by atoms with Crippen molar-refractivity contribution in [3.05, 3.63) is 11.5 Å². The summed E-state index contributed by atoms with van der Waals surface area (Å²) in [4.78, 5) is 4.34. The topological polar surface area (TPSA) is 35.9 Å². The molecule has 0 amide bonds. The van der Waals surface area contributed by atoms with E-state index in [0.29, 0.717) is 5.88 Å². The maximum absolute atomic E-state index is 9.87. The van der Waals surface area contributed by atoms with Crippen molar-refractivity contribution in [2.75, 3.05) is 39.8 Å². The summed E-state index contributed by atoms with van der Waals surface area (Å²) in [5.41, 5.74) is 0.941. The number of ether oxygens (including phenoxy) is 1. The molecule has 1 atom stereocenters. The van der Waals surface area contributed by atoms with E-state index in [9.17, 15) is 5.11 Å². The second-order valence-corrected chi connectivity index (χ2v) is 5.35. The molecule has 1 N–H and O–H groups in total. The third-order valence-electron chi connectivity index (χ3n) is 3.34. The van der Waals surface area contributed by atoms with Crippen LogP contribution >= 0.6 is 0 Å². The number of likely N-dealkylation sites (N-methyl/N-ethyl adjacent to an activating group) is 1. The maximum Gasteiger partial charge on any atom is 0.185 e. The van der Waals surface area contributed by atoms with E-state index >= 15 is 0 Å². The van der Waals surface area contributed by atoms with Gasteiger partial charge >= 0.3 is 0 Å². The number of hydrogen-bond acceptors (Lipinski definition) is 4. The lowest BCUT2D eigenvalue weighted by molar-refractivity contribution is -0.0415. The highest BCUT2D eigenvalue weighted by atomic mass is 16.5. The van der Waals surface area contributed by atoms with Gasteiger partial charge < -0.3 is 14.7 Å². The fraction of sp³-hybridized carbons (Fsp3) is 0.857. The lowest BCUT2D eigenvalue weighted by Crippen LogP contribution is -2.47. The van der Waals surface area contributed by atoms with E-state index in [4.69, 9.17) is 4.74 Å². The largest absolute Gasteiger partial charge is 0.495 e. The molecule has 4 nitrogen and oxygen atoms in total. The van der Waals surface area contributed by atoms with E-state index < -0.39 is 0 Å². The zero-order valence-corrected chi connectivity index (χ0v) is 12.3. The van der Waals surface area contributed by atoms with Crippen molar-refractivity contribution in [3.8, 4) is 0 Å². The second-order valence-electron chi connectivity index (χ2n) is 5.35. The fourth-order valence-electron chi connectivity index (χ4n) is 2.25. The van der Waals surface area contributed by atoms with Crippen LogP contribution in [0, 0.1) is 0 Å². The Labute approximate surface area is 111 Å². The molecule has 0 aromatic carbocycles. The van der Waals surface area contributed by atoms with E-state index in [0.717, 1.165) is 38.4 Å². The molecule has 0 spiro atoms. The minimum absolute atomic E-state index is 0.196. The number of morpholine rings is 1. The van der Waals surface area contributed by atoms with Crippen LogP contribution in [0.1, 0.15) is 33.6 Å². The Morgan fingerprint density at radius 3 is 2.78 bits per heavy atom. The van der Waals surface area contributed by atoms with Gasteiger partial charge in [0.25, 0.3) is 0 Å². The van der Waals surface area contributed by atoms with Gasteiger partial charge in [0.05, 0.1) is 12.7 Å². The van der Waals surface area contributed by atoms with Crippen LogP contribution in [0.3, 0.4) is 0 Å². The summed E-state index contributed by atoms with van der Waals surface area (Å²) in [5, 5.41) is 9.87. The molecule has 0 aromatic heterocycles. The fourth-order valence-corrected chi connectivity index (χ4v) is 2.25. The molecule has 0 aliphatic carbocycles. The van der Waals surface area contributed by atoms with Crippen molar-refractivity contribution >= 4 is 0 Å². The molecule has 1 fully saturated rings. The molecule has 0 aromatic rings. The molecule has 1 aliphatic heterocycles. The van der Waals surface area contributed by atoms with Crippen molar-refractivity contribution in [1.82, 2.24) is 9.80 Å². The first-order valence-corrected chi connectivity index (χ1v) is 6.96. The van der Waals surface area contributed by atoms with Gasteiger partial charge in [-0.05, 0) is 32.4 Å². The monoisotopic (exact) mass is 256 g/mol. The van der Waals surface area contributed by atoms with Crippen LogP contribution in [0.5, 0.6) is 0 Å². The smallest absolute Gasteiger partial charge is 0.185 e. The van der Waals surface area contributed by atoms with Crippen LogP contribution in [0.15, 0.2) is 11.5 Å².